The number of alkyl halides is 3. The molecular weight excluding hydrogens is 353 g/mol. The van der Waals surface area contributed by atoms with Crippen molar-refractivity contribution >= 4 is 10.1 Å². The van der Waals surface area contributed by atoms with Gasteiger partial charge in [-0.15, -0.1) is 0 Å². The molecule has 2 saturated carbocycles. The van der Waals surface area contributed by atoms with Gasteiger partial charge in [-0.05, 0) is 72.6 Å². The van der Waals surface area contributed by atoms with Crippen LogP contribution in [0, 0.1) is 11.8 Å². The Morgan fingerprint density at radius 2 is 1.84 bits per heavy atom. The molecule has 7 heteroatoms. The van der Waals surface area contributed by atoms with E-state index in [-0.39, 0.29) is 11.2 Å². The molecule has 1 unspecified atom stereocenters. The van der Waals surface area contributed by atoms with E-state index >= 15 is 0 Å². The van der Waals surface area contributed by atoms with E-state index in [1.165, 1.54) is 18.9 Å². The normalized spacial score (nSPS) is 31.8. The largest absolute Gasteiger partial charge is 0.534 e. The van der Waals surface area contributed by atoms with Crippen molar-refractivity contribution in [2.24, 2.45) is 11.8 Å². The number of hydrogen-bond donors (Lipinski definition) is 0. The number of benzene rings is 1. The molecule has 0 heterocycles. The highest BCUT2D eigenvalue weighted by atomic mass is 32.2. The second-order valence-electron chi connectivity index (χ2n) is 7.67. The van der Waals surface area contributed by atoms with E-state index in [0.717, 1.165) is 49.7 Å². The van der Waals surface area contributed by atoms with Crippen LogP contribution in [0.4, 0.5) is 13.2 Å². The summed E-state index contributed by atoms with van der Waals surface area (Å²) in [5.41, 5.74) is -3.23. The Hall–Kier alpha value is -1.24. The van der Waals surface area contributed by atoms with Crippen molar-refractivity contribution in [3.8, 4) is 5.75 Å². The summed E-state index contributed by atoms with van der Waals surface area (Å²) < 4.78 is 64.9. The van der Waals surface area contributed by atoms with E-state index < -0.39 is 15.6 Å². The van der Waals surface area contributed by atoms with Crippen molar-refractivity contribution in [3.05, 3.63) is 29.3 Å². The first-order chi connectivity index (χ1) is 11.7. The number of hydrogen-bond acceptors (Lipinski definition) is 3. The Kier molecular flexibility index (Phi) is 3.87. The molecule has 0 N–H and O–H groups in total. The molecule has 138 valence electrons. The summed E-state index contributed by atoms with van der Waals surface area (Å²) >= 11 is 0. The SMILES string of the molecule is O=S(=O)(Oc1ccc2c(c1)[C@]13CCCCC1[C@@H](CCC3)C2)C(F)(F)F. The van der Waals surface area contributed by atoms with Crippen molar-refractivity contribution in [1.29, 1.82) is 0 Å². The van der Waals surface area contributed by atoms with Crippen molar-refractivity contribution in [2.45, 2.75) is 62.3 Å². The van der Waals surface area contributed by atoms with Crippen LogP contribution in [0.2, 0.25) is 0 Å². The zero-order chi connectivity index (χ0) is 17.9. The smallest absolute Gasteiger partial charge is 0.376 e. The number of rotatable bonds is 2. The highest BCUT2D eigenvalue weighted by Gasteiger charge is 2.52. The molecule has 0 spiro atoms. The number of fused-ring (bicyclic) bond motifs is 1. The van der Waals surface area contributed by atoms with Gasteiger partial charge in [0, 0.05) is 0 Å². The van der Waals surface area contributed by atoms with Gasteiger partial charge in [-0.2, -0.15) is 21.6 Å². The van der Waals surface area contributed by atoms with Crippen LogP contribution in [-0.2, 0) is 22.0 Å². The predicted octanol–water partition coefficient (Wildman–Crippen LogP) is 4.70. The molecule has 1 aromatic carbocycles. The first-order valence-electron chi connectivity index (χ1n) is 8.87. The van der Waals surface area contributed by atoms with E-state index in [2.05, 4.69) is 4.18 Å². The van der Waals surface area contributed by atoms with E-state index in [1.807, 2.05) is 0 Å². The topological polar surface area (TPSA) is 43.4 Å². The third-order valence-corrected chi connectivity index (χ3v) is 7.43. The number of halogens is 3. The van der Waals surface area contributed by atoms with Crippen molar-refractivity contribution < 1.29 is 25.8 Å². The highest BCUT2D eigenvalue weighted by molar-refractivity contribution is 7.88. The average molecular weight is 374 g/mol. The molecule has 25 heavy (non-hydrogen) atoms. The molecule has 0 radical (unpaired) electrons. The summed E-state index contributed by atoms with van der Waals surface area (Å²) in [4.78, 5) is 0. The molecule has 2 bridgehead atoms. The Morgan fingerprint density at radius 1 is 1.08 bits per heavy atom. The fraction of sp³-hybridized carbons (Fsp3) is 0.667. The molecule has 0 amide bonds. The predicted molar refractivity (Wildman–Crippen MR) is 86.7 cm³/mol. The quantitative estimate of drug-likeness (QED) is 0.557. The maximum Gasteiger partial charge on any atom is 0.534 e. The van der Waals surface area contributed by atoms with Crippen LogP contribution >= 0.6 is 0 Å². The first kappa shape index (κ1) is 17.2. The van der Waals surface area contributed by atoms with E-state index in [9.17, 15) is 21.6 Å². The minimum absolute atomic E-state index is 0.00385. The maximum atomic E-state index is 12.6. The minimum atomic E-state index is -5.63. The van der Waals surface area contributed by atoms with Gasteiger partial charge in [-0.25, -0.2) is 0 Å². The van der Waals surface area contributed by atoms with Gasteiger partial charge in [-0.3, -0.25) is 0 Å². The molecule has 4 rings (SSSR count). The molecule has 3 atom stereocenters. The van der Waals surface area contributed by atoms with Gasteiger partial charge < -0.3 is 4.18 Å². The third-order valence-electron chi connectivity index (χ3n) is 6.45. The fourth-order valence-electron chi connectivity index (χ4n) is 5.56. The lowest BCUT2D eigenvalue weighted by Gasteiger charge is -2.55. The van der Waals surface area contributed by atoms with Crippen LogP contribution in [-0.4, -0.2) is 13.9 Å². The second kappa shape index (κ2) is 5.63. The lowest BCUT2D eigenvalue weighted by molar-refractivity contribution is -0.0500. The van der Waals surface area contributed by atoms with E-state index in [1.54, 1.807) is 12.1 Å². The Labute approximate surface area is 145 Å². The Morgan fingerprint density at radius 3 is 2.60 bits per heavy atom. The second-order valence-corrected chi connectivity index (χ2v) is 9.20. The lowest BCUT2D eigenvalue weighted by Crippen LogP contribution is -2.49. The zero-order valence-corrected chi connectivity index (χ0v) is 14.6. The van der Waals surface area contributed by atoms with Gasteiger partial charge in [0.1, 0.15) is 5.75 Å². The molecule has 3 aliphatic rings. The van der Waals surface area contributed by atoms with E-state index in [0.29, 0.717) is 11.8 Å². The Balaban J connectivity index is 1.75. The molecule has 0 aliphatic heterocycles. The summed E-state index contributed by atoms with van der Waals surface area (Å²) in [6.07, 6.45) is 8.85. The molecule has 0 saturated heterocycles. The highest BCUT2D eigenvalue weighted by Crippen LogP contribution is 2.59. The average Bonchev–Trinajstić information content (AvgIpc) is 2.54. The molecule has 3 aliphatic carbocycles. The summed E-state index contributed by atoms with van der Waals surface area (Å²) in [6, 6.07) is 4.69. The van der Waals surface area contributed by atoms with Crippen molar-refractivity contribution in [3.63, 3.8) is 0 Å². The van der Waals surface area contributed by atoms with Crippen LogP contribution in [0.1, 0.15) is 56.1 Å². The maximum absolute atomic E-state index is 12.6. The summed E-state index contributed by atoms with van der Waals surface area (Å²) in [5.74, 6) is 0.989. The van der Waals surface area contributed by atoms with Crippen molar-refractivity contribution in [1.82, 2.24) is 0 Å². The van der Waals surface area contributed by atoms with Gasteiger partial charge in [0.25, 0.3) is 0 Å². The molecular formula is C18H21F3O3S. The van der Waals surface area contributed by atoms with Gasteiger partial charge in [0.05, 0.1) is 0 Å². The molecule has 1 aromatic rings. The van der Waals surface area contributed by atoms with Gasteiger partial charge in [-0.1, -0.05) is 25.3 Å². The van der Waals surface area contributed by atoms with E-state index in [4.69, 9.17) is 0 Å². The third kappa shape index (κ3) is 2.66. The molecule has 2 fully saturated rings. The van der Waals surface area contributed by atoms with Gasteiger partial charge in [0.2, 0.25) is 0 Å². The monoisotopic (exact) mass is 374 g/mol. The van der Waals surface area contributed by atoms with Crippen LogP contribution < -0.4 is 4.18 Å². The van der Waals surface area contributed by atoms with Crippen LogP contribution in [0.25, 0.3) is 0 Å². The first-order valence-corrected chi connectivity index (χ1v) is 10.3. The van der Waals surface area contributed by atoms with Crippen LogP contribution in [0.5, 0.6) is 5.75 Å². The van der Waals surface area contributed by atoms with Gasteiger partial charge in [0.15, 0.2) is 0 Å². The van der Waals surface area contributed by atoms with Crippen LogP contribution in [0.3, 0.4) is 0 Å². The lowest BCUT2D eigenvalue weighted by atomic mass is 9.49. The minimum Gasteiger partial charge on any atom is -0.376 e. The molecule has 0 aromatic heterocycles. The van der Waals surface area contributed by atoms with Gasteiger partial charge >= 0.3 is 15.6 Å². The van der Waals surface area contributed by atoms with Crippen molar-refractivity contribution in [2.75, 3.05) is 0 Å². The summed E-state index contributed by atoms with van der Waals surface area (Å²) in [7, 11) is -5.63. The Bertz CT molecular complexity index is 783. The fourth-order valence-corrected chi connectivity index (χ4v) is 6.01. The standard InChI is InChI=1S/C18H21F3O3S/c19-18(20,21)25(22,23)24-14-7-6-13-10-12-4-3-9-17(16(13)11-14)8-2-1-5-15(12)17/h6-7,11-12,15H,1-5,8-10H2/t12-,15?,17-/m0/s1. The van der Waals surface area contributed by atoms with Crippen LogP contribution in [0.15, 0.2) is 18.2 Å². The summed E-state index contributed by atoms with van der Waals surface area (Å²) in [5, 5.41) is 0. The molecule has 3 nitrogen and oxygen atoms in total. The zero-order valence-electron chi connectivity index (χ0n) is 13.8. The summed E-state index contributed by atoms with van der Waals surface area (Å²) in [6.45, 7) is 0.